The Morgan fingerprint density at radius 3 is 2.69 bits per heavy atom. The summed E-state index contributed by atoms with van der Waals surface area (Å²) < 4.78 is 34.2. The second-order valence-corrected chi connectivity index (χ2v) is 9.20. The van der Waals surface area contributed by atoms with Crippen molar-refractivity contribution in [1.29, 1.82) is 0 Å². The lowest BCUT2D eigenvalue weighted by atomic mass is 10.2. The van der Waals surface area contributed by atoms with Crippen molar-refractivity contribution in [3.8, 4) is 28.6 Å². The summed E-state index contributed by atoms with van der Waals surface area (Å²) >= 11 is 15.1. The van der Waals surface area contributed by atoms with E-state index in [1.165, 1.54) is 6.07 Å². The van der Waals surface area contributed by atoms with Crippen LogP contribution in [0.4, 0.5) is 4.39 Å². The Morgan fingerprint density at radius 1 is 1.14 bits per heavy atom. The minimum absolute atomic E-state index is 0.0474. The van der Waals surface area contributed by atoms with Crippen LogP contribution < -0.4 is 19.6 Å². The van der Waals surface area contributed by atoms with Gasteiger partial charge in [-0.3, -0.25) is 0 Å². The van der Waals surface area contributed by atoms with E-state index in [0.29, 0.717) is 50.5 Å². The fraction of sp³-hybridized carbons (Fsp3) is 0.200. The van der Waals surface area contributed by atoms with Crippen LogP contribution in [-0.4, -0.2) is 28.6 Å². The minimum Gasteiger partial charge on any atom is -0.496 e. The van der Waals surface area contributed by atoms with Gasteiger partial charge in [-0.2, -0.15) is 5.10 Å². The number of hydrogen-bond acceptors (Lipinski definition) is 6. The average molecular weight is 594 g/mol. The predicted molar refractivity (Wildman–Crippen MR) is 144 cm³/mol. The van der Waals surface area contributed by atoms with Crippen LogP contribution >= 0.6 is 39.7 Å². The monoisotopic (exact) mass is 592 g/mol. The summed E-state index contributed by atoms with van der Waals surface area (Å²) in [5, 5.41) is 7.48. The maximum Gasteiger partial charge on any atom is 0.214 e. The lowest BCUT2D eigenvalue weighted by Crippen LogP contribution is -2.16. The molecule has 1 heterocycles. The van der Waals surface area contributed by atoms with Crippen LogP contribution in [0.1, 0.15) is 18.1 Å². The lowest BCUT2D eigenvalue weighted by Gasteiger charge is -2.17. The zero-order valence-electron chi connectivity index (χ0n) is 19.5. The van der Waals surface area contributed by atoms with E-state index in [1.807, 2.05) is 43.3 Å². The van der Waals surface area contributed by atoms with E-state index in [1.54, 1.807) is 23.9 Å². The van der Waals surface area contributed by atoms with Gasteiger partial charge in [0, 0.05) is 5.56 Å². The van der Waals surface area contributed by atoms with Crippen LogP contribution in [0.3, 0.4) is 0 Å². The molecule has 4 rings (SSSR count). The largest absolute Gasteiger partial charge is 0.496 e. The fourth-order valence-electron chi connectivity index (χ4n) is 3.57. The van der Waals surface area contributed by atoms with Crippen LogP contribution in [0.15, 0.2) is 59.1 Å². The molecule has 0 bridgehead atoms. The number of ether oxygens (including phenoxy) is 3. The molecule has 0 aliphatic carbocycles. The molecule has 11 heteroatoms. The van der Waals surface area contributed by atoms with Crippen LogP contribution in [0.2, 0.25) is 5.02 Å². The summed E-state index contributed by atoms with van der Waals surface area (Å²) in [5.41, 5.74) is 5.24. The number of nitrogens with zero attached hydrogens (tertiary/aromatic N) is 2. The van der Waals surface area contributed by atoms with Crippen molar-refractivity contribution in [3.63, 3.8) is 0 Å². The molecule has 0 fully saturated rings. The first-order valence-corrected chi connectivity index (χ1v) is 12.6. The quantitative estimate of drug-likeness (QED) is 0.195. The summed E-state index contributed by atoms with van der Waals surface area (Å²) in [6, 6.07) is 15.8. The van der Waals surface area contributed by atoms with Crippen LogP contribution in [-0.2, 0) is 13.2 Å². The molecule has 0 spiro atoms. The molecule has 0 aliphatic heterocycles. The van der Waals surface area contributed by atoms with E-state index in [0.717, 1.165) is 11.1 Å². The molecule has 0 atom stereocenters. The van der Waals surface area contributed by atoms with Gasteiger partial charge in [-0.05, 0) is 77.0 Å². The lowest BCUT2D eigenvalue weighted by molar-refractivity contribution is 0.264. The predicted octanol–water partition coefficient (Wildman–Crippen LogP) is 6.89. The molecule has 3 aromatic carbocycles. The van der Waals surface area contributed by atoms with Crippen molar-refractivity contribution in [3.05, 3.63) is 85.8 Å². The van der Waals surface area contributed by atoms with Crippen molar-refractivity contribution in [2.24, 2.45) is 0 Å². The molecule has 0 aliphatic rings. The van der Waals surface area contributed by atoms with Crippen molar-refractivity contribution < 1.29 is 18.6 Å². The van der Waals surface area contributed by atoms with Gasteiger partial charge in [0.05, 0.1) is 35.3 Å². The highest BCUT2D eigenvalue weighted by molar-refractivity contribution is 9.10. The van der Waals surface area contributed by atoms with Gasteiger partial charge in [0.25, 0.3) is 0 Å². The van der Waals surface area contributed by atoms with Gasteiger partial charge in [0.1, 0.15) is 18.2 Å². The second-order valence-electron chi connectivity index (χ2n) is 7.55. The molecular formula is C25H23BrClFN4O3S. The zero-order valence-corrected chi connectivity index (χ0v) is 22.6. The highest BCUT2D eigenvalue weighted by Crippen LogP contribution is 2.38. The number of aromatic nitrogens is 3. The number of H-pyrrole nitrogens is 1. The zero-order chi connectivity index (χ0) is 25.7. The van der Waals surface area contributed by atoms with Crippen molar-refractivity contribution in [2.75, 3.05) is 19.1 Å². The van der Waals surface area contributed by atoms with Gasteiger partial charge in [-0.25, -0.2) is 14.2 Å². The van der Waals surface area contributed by atoms with Gasteiger partial charge in [0.15, 0.2) is 17.3 Å². The van der Waals surface area contributed by atoms with E-state index < -0.39 is 5.82 Å². The maximum atomic E-state index is 14.2. The third kappa shape index (κ3) is 5.66. The SMILES string of the molecule is CCOc1cc(CNn2c(-c3ccccc3OC)n[nH]c2=S)cc(Br)c1OCc1c(F)cccc1Cl. The fourth-order valence-corrected chi connectivity index (χ4v) is 4.58. The minimum atomic E-state index is -0.430. The smallest absolute Gasteiger partial charge is 0.214 e. The van der Waals surface area contributed by atoms with Gasteiger partial charge >= 0.3 is 0 Å². The molecule has 0 unspecified atom stereocenters. The third-order valence-corrected chi connectivity index (χ3v) is 6.47. The van der Waals surface area contributed by atoms with Gasteiger partial charge in [-0.15, -0.1) is 0 Å². The number of methoxy groups -OCH3 is 1. The highest BCUT2D eigenvalue weighted by atomic mass is 79.9. The van der Waals surface area contributed by atoms with Crippen molar-refractivity contribution in [1.82, 2.24) is 14.9 Å². The normalized spacial score (nSPS) is 10.8. The molecule has 0 saturated heterocycles. The molecule has 0 saturated carbocycles. The first kappa shape index (κ1) is 26.0. The van der Waals surface area contributed by atoms with Crippen LogP contribution in [0, 0.1) is 10.6 Å². The topological polar surface area (TPSA) is 73.3 Å². The van der Waals surface area contributed by atoms with Gasteiger partial charge in [-0.1, -0.05) is 29.8 Å². The van der Waals surface area contributed by atoms with E-state index in [4.69, 9.17) is 38.0 Å². The van der Waals surface area contributed by atoms with Crippen molar-refractivity contribution in [2.45, 2.75) is 20.1 Å². The van der Waals surface area contributed by atoms with Crippen LogP contribution in [0.5, 0.6) is 17.2 Å². The molecule has 7 nitrogen and oxygen atoms in total. The average Bonchev–Trinajstić information content (AvgIpc) is 3.23. The Balaban J connectivity index is 1.57. The second kappa shape index (κ2) is 11.8. The molecule has 0 amide bonds. The summed E-state index contributed by atoms with van der Waals surface area (Å²) in [4.78, 5) is 0. The Hall–Kier alpha value is -3.08. The number of para-hydroxylation sites is 1. The van der Waals surface area contributed by atoms with Crippen LogP contribution in [0.25, 0.3) is 11.4 Å². The van der Waals surface area contributed by atoms with Gasteiger partial charge < -0.3 is 19.6 Å². The van der Waals surface area contributed by atoms with E-state index in [2.05, 4.69) is 31.6 Å². The standard InChI is InChI=1S/C25H23BrClFN4O3S/c1-3-34-22-12-15(11-18(26)23(22)35-14-17-19(27)8-6-9-20(17)28)13-29-32-24(30-31-25(32)36)16-7-4-5-10-21(16)33-2/h4-12,29H,3,13-14H2,1-2H3,(H,31,36). The molecular weight excluding hydrogens is 571 g/mol. The summed E-state index contributed by atoms with van der Waals surface area (Å²) in [6.07, 6.45) is 0. The van der Waals surface area contributed by atoms with E-state index in [9.17, 15) is 4.39 Å². The number of halogens is 3. The summed E-state index contributed by atoms with van der Waals surface area (Å²) in [7, 11) is 1.61. The number of benzene rings is 3. The van der Waals surface area contributed by atoms with Crippen molar-refractivity contribution >= 4 is 39.7 Å². The third-order valence-electron chi connectivity index (χ3n) is 5.25. The number of rotatable bonds is 10. The van der Waals surface area contributed by atoms with E-state index in [-0.39, 0.29) is 12.2 Å². The van der Waals surface area contributed by atoms with E-state index >= 15 is 0 Å². The number of aromatic amines is 1. The molecule has 36 heavy (non-hydrogen) atoms. The van der Waals surface area contributed by atoms with Gasteiger partial charge in [0.2, 0.25) is 4.77 Å². The first-order valence-electron chi connectivity index (χ1n) is 11.0. The first-order chi connectivity index (χ1) is 17.4. The Bertz CT molecular complexity index is 1410. The molecule has 1 aromatic heterocycles. The number of hydrogen-bond donors (Lipinski definition) is 2. The molecule has 0 radical (unpaired) electrons. The molecule has 4 aromatic rings. The summed E-state index contributed by atoms with van der Waals surface area (Å²) in [5.74, 6) is 1.79. The Kier molecular flexibility index (Phi) is 8.50. The number of nitrogens with one attached hydrogen (secondary N) is 2. The molecule has 2 N–H and O–H groups in total. The highest BCUT2D eigenvalue weighted by Gasteiger charge is 2.17. The molecule has 188 valence electrons. The Morgan fingerprint density at radius 2 is 1.94 bits per heavy atom. The Labute approximate surface area is 226 Å². The maximum absolute atomic E-state index is 14.2. The summed E-state index contributed by atoms with van der Waals surface area (Å²) in [6.45, 7) is 2.65.